The van der Waals surface area contributed by atoms with Gasteiger partial charge in [0.05, 0.1) is 17.7 Å². The molecule has 0 fully saturated rings. The van der Waals surface area contributed by atoms with Crippen LogP contribution < -0.4 is 4.74 Å². The van der Waals surface area contributed by atoms with Crippen molar-refractivity contribution in [2.45, 2.75) is 6.54 Å². The van der Waals surface area contributed by atoms with Crippen LogP contribution in [0.15, 0.2) is 42.5 Å². The zero-order valence-electron chi connectivity index (χ0n) is 11.8. The van der Waals surface area contributed by atoms with Gasteiger partial charge in [0.15, 0.2) is 0 Å². The van der Waals surface area contributed by atoms with Gasteiger partial charge in [0.1, 0.15) is 11.5 Å². The van der Waals surface area contributed by atoms with Gasteiger partial charge in [0.2, 0.25) is 0 Å². The molecule has 0 spiro atoms. The van der Waals surface area contributed by atoms with E-state index < -0.39 is 0 Å². The van der Waals surface area contributed by atoms with Crippen LogP contribution in [0.3, 0.4) is 0 Å². The molecule has 5 heteroatoms. The van der Waals surface area contributed by atoms with Gasteiger partial charge in [0, 0.05) is 19.2 Å². The van der Waals surface area contributed by atoms with E-state index in [1.54, 1.807) is 14.2 Å². The van der Waals surface area contributed by atoms with Crippen molar-refractivity contribution in [3.05, 3.63) is 58.6 Å². The summed E-state index contributed by atoms with van der Waals surface area (Å²) in [5.41, 5.74) is 1.17. The Morgan fingerprint density at radius 3 is 2.71 bits per heavy atom. The number of rotatable bonds is 4. The molecule has 0 aromatic heterocycles. The van der Waals surface area contributed by atoms with E-state index >= 15 is 0 Å². The van der Waals surface area contributed by atoms with Crippen molar-refractivity contribution in [3.63, 3.8) is 0 Å². The van der Waals surface area contributed by atoms with Crippen LogP contribution in [-0.4, -0.2) is 30.1 Å². The number of nitrogens with zero attached hydrogens (tertiary/aromatic N) is 1. The number of halogens is 1. The quantitative estimate of drug-likeness (QED) is 0.942. The van der Waals surface area contributed by atoms with Gasteiger partial charge < -0.3 is 14.7 Å². The number of carbonyl (C=O) groups excluding carboxylic acids is 1. The zero-order valence-corrected chi connectivity index (χ0v) is 12.6. The lowest BCUT2D eigenvalue weighted by atomic mass is 10.1. The first-order valence-electron chi connectivity index (χ1n) is 6.39. The molecular weight excluding hydrogens is 290 g/mol. The molecule has 0 bridgehead atoms. The standard InChI is InChI=1S/C16H16ClNO3/c1-18(10-11-5-3-4-6-15(11)21-2)16(20)13-9-12(19)7-8-14(13)17/h3-9,19H,10H2,1-2H3. The van der Waals surface area contributed by atoms with Gasteiger partial charge in [0.25, 0.3) is 5.91 Å². The van der Waals surface area contributed by atoms with E-state index in [9.17, 15) is 9.90 Å². The van der Waals surface area contributed by atoms with Gasteiger partial charge in [-0.1, -0.05) is 29.8 Å². The molecular formula is C16H16ClNO3. The average molecular weight is 306 g/mol. The molecule has 0 radical (unpaired) electrons. The van der Waals surface area contributed by atoms with Crippen LogP contribution in [0.4, 0.5) is 0 Å². The first kappa shape index (κ1) is 15.2. The minimum absolute atomic E-state index is 0.00782. The predicted octanol–water partition coefficient (Wildman–Crippen LogP) is 3.33. The molecule has 110 valence electrons. The number of hydrogen-bond donors (Lipinski definition) is 1. The van der Waals surface area contributed by atoms with Crippen molar-refractivity contribution in [2.75, 3.05) is 14.2 Å². The van der Waals surface area contributed by atoms with E-state index in [-0.39, 0.29) is 17.2 Å². The molecule has 2 aromatic carbocycles. The highest BCUT2D eigenvalue weighted by Crippen LogP contribution is 2.24. The first-order valence-corrected chi connectivity index (χ1v) is 6.76. The largest absolute Gasteiger partial charge is 0.508 e. The Kier molecular flexibility index (Phi) is 4.70. The second-order valence-electron chi connectivity index (χ2n) is 4.64. The Bertz CT molecular complexity index is 658. The summed E-state index contributed by atoms with van der Waals surface area (Å²) in [5, 5.41) is 9.80. The van der Waals surface area contributed by atoms with Crippen LogP contribution in [-0.2, 0) is 6.54 Å². The molecule has 2 rings (SSSR count). The number of carbonyl (C=O) groups is 1. The number of para-hydroxylation sites is 1. The topological polar surface area (TPSA) is 49.8 Å². The fourth-order valence-corrected chi connectivity index (χ4v) is 2.24. The third-order valence-corrected chi connectivity index (χ3v) is 3.46. The summed E-state index contributed by atoms with van der Waals surface area (Å²) in [6.07, 6.45) is 0. The molecule has 0 saturated heterocycles. The summed E-state index contributed by atoms with van der Waals surface area (Å²) in [6.45, 7) is 0.384. The number of ether oxygens (including phenoxy) is 1. The maximum atomic E-state index is 12.4. The van der Waals surface area contributed by atoms with E-state index in [4.69, 9.17) is 16.3 Å². The maximum Gasteiger partial charge on any atom is 0.255 e. The van der Waals surface area contributed by atoms with Crippen molar-refractivity contribution in [1.29, 1.82) is 0 Å². The highest BCUT2D eigenvalue weighted by molar-refractivity contribution is 6.33. The third-order valence-electron chi connectivity index (χ3n) is 3.13. The second kappa shape index (κ2) is 6.50. The highest BCUT2D eigenvalue weighted by atomic mass is 35.5. The zero-order chi connectivity index (χ0) is 15.4. The van der Waals surface area contributed by atoms with Crippen LogP contribution in [0, 0.1) is 0 Å². The highest BCUT2D eigenvalue weighted by Gasteiger charge is 2.17. The molecule has 0 saturated carbocycles. The Balaban J connectivity index is 2.22. The fraction of sp³-hybridized carbons (Fsp3) is 0.188. The number of benzene rings is 2. The van der Waals surface area contributed by atoms with Crippen LogP contribution >= 0.6 is 11.6 Å². The predicted molar refractivity (Wildman–Crippen MR) is 81.9 cm³/mol. The van der Waals surface area contributed by atoms with Crippen molar-refractivity contribution < 1.29 is 14.6 Å². The lowest BCUT2D eigenvalue weighted by Crippen LogP contribution is -2.26. The molecule has 0 aliphatic rings. The van der Waals surface area contributed by atoms with Crippen LogP contribution in [0.2, 0.25) is 5.02 Å². The van der Waals surface area contributed by atoms with Gasteiger partial charge in [-0.3, -0.25) is 4.79 Å². The van der Waals surface area contributed by atoms with Crippen molar-refractivity contribution >= 4 is 17.5 Å². The Labute approximate surface area is 128 Å². The molecule has 0 heterocycles. The summed E-state index contributed by atoms with van der Waals surface area (Å²) >= 11 is 6.01. The summed E-state index contributed by atoms with van der Waals surface area (Å²) in [5.74, 6) is 0.467. The average Bonchev–Trinajstić information content (AvgIpc) is 2.49. The van der Waals surface area contributed by atoms with Gasteiger partial charge in [-0.2, -0.15) is 0 Å². The number of phenols is 1. The first-order chi connectivity index (χ1) is 10.0. The van der Waals surface area contributed by atoms with Crippen molar-refractivity contribution in [3.8, 4) is 11.5 Å². The van der Waals surface area contributed by atoms with E-state index in [2.05, 4.69) is 0 Å². The second-order valence-corrected chi connectivity index (χ2v) is 5.04. The molecule has 21 heavy (non-hydrogen) atoms. The molecule has 1 amide bonds. The Morgan fingerprint density at radius 1 is 1.29 bits per heavy atom. The summed E-state index contributed by atoms with van der Waals surface area (Å²) in [4.78, 5) is 13.9. The number of hydrogen-bond acceptors (Lipinski definition) is 3. The molecule has 0 unspecified atom stereocenters. The number of phenolic OH excluding ortho intramolecular Hbond substituents is 1. The van der Waals surface area contributed by atoms with Crippen LogP contribution in [0.25, 0.3) is 0 Å². The smallest absolute Gasteiger partial charge is 0.255 e. The van der Waals surface area contributed by atoms with Gasteiger partial charge in [-0.25, -0.2) is 0 Å². The van der Waals surface area contributed by atoms with Crippen molar-refractivity contribution in [2.24, 2.45) is 0 Å². The Hall–Kier alpha value is -2.20. The minimum Gasteiger partial charge on any atom is -0.508 e. The maximum absolute atomic E-state index is 12.4. The van der Waals surface area contributed by atoms with Gasteiger partial charge in [-0.15, -0.1) is 0 Å². The van der Waals surface area contributed by atoms with E-state index in [1.165, 1.54) is 23.1 Å². The van der Waals surface area contributed by atoms with Crippen molar-refractivity contribution in [1.82, 2.24) is 4.90 Å². The van der Waals surface area contributed by atoms with Crippen LogP contribution in [0.1, 0.15) is 15.9 Å². The lowest BCUT2D eigenvalue weighted by molar-refractivity contribution is 0.0784. The summed E-state index contributed by atoms with van der Waals surface area (Å²) in [7, 11) is 3.27. The van der Waals surface area contributed by atoms with E-state index in [0.29, 0.717) is 11.6 Å². The molecule has 0 atom stereocenters. The summed E-state index contributed by atoms with van der Waals surface area (Å²) in [6, 6.07) is 11.8. The van der Waals surface area contributed by atoms with Crippen LogP contribution in [0.5, 0.6) is 11.5 Å². The third kappa shape index (κ3) is 3.47. The van der Waals surface area contributed by atoms with Gasteiger partial charge >= 0.3 is 0 Å². The molecule has 2 aromatic rings. The van der Waals surface area contributed by atoms with E-state index in [1.807, 2.05) is 24.3 Å². The number of aromatic hydroxyl groups is 1. The molecule has 1 N–H and O–H groups in total. The molecule has 0 aliphatic heterocycles. The molecule has 4 nitrogen and oxygen atoms in total. The SMILES string of the molecule is COc1ccccc1CN(C)C(=O)c1cc(O)ccc1Cl. The van der Waals surface area contributed by atoms with E-state index in [0.717, 1.165) is 11.3 Å². The Morgan fingerprint density at radius 2 is 2.00 bits per heavy atom. The molecule has 0 aliphatic carbocycles. The normalized spacial score (nSPS) is 10.2. The number of methoxy groups -OCH3 is 1. The lowest BCUT2D eigenvalue weighted by Gasteiger charge is -2.19. The monoisotopic (exact) mass is 305 g/mol. The van der Waals surface area contributed by atoms with Gasteiger partial charge in [-0.05, 0) is 24.3 Å². The fourth-order valence-electron chi connectivity index (χ4n) is 2.04. The summed E-state index contributed by atoms with van der Waals surface area (Å²) < 4.78 is 5.27. The minimum atomic E-state index is -0.262. The number of amides is 1.